The van der Waals surface area contributed by atoms with Crippen LogP contribution in [-0.2, 0) is 6.42 Å². The predicted molar refractivity (Wildman–Crippen MR) is 74.1 cm³/mol. The molecule has 16 heavy (non-hydrogen) atoms. The molecule has 0 saturated carbocycles. The van der Waals surface area contributed by atoms with Gasteiger partial charge in [0.2, 0.25) is 0 Å². The van der Waals surface area contributed by atoms with Gasteiger partial charge in [-0.3, -0.25) is 0 Å². The average molecular weight is 306 g/mol. The molecule has 1 aromatic rings. The fourth-order valence-electron chi connectivity index (χ4n) is 1.32. The van der Waals surface area contributed by atoms with Crippen molar-refractivity contribution in [2.24, 2.45) is 0 Å². The molecule has 0 bridgehead atoms. The lowest BCUT2D eigenvalue weighted by Gasteiger charge is -2.29. The fraction of sp³-hybridized carbons (Fsp3) is 0.667. The number of β-amino-alcohol motifs (C(OH)–C–C–N with tert-alkyl or cyclic N) is 1. The molecule has 0 aromatic carbocycles. The van der Waals surface area contributed by atoms with Gasteiger partial charge in [0.05, 0.1) is 5.60 Å². The van der Waals surface area contributed by atoms with E-state index in [1.54, 1.807) is 11.3 Å². The molecule has 0 radical (unpaired) electrons. The summed E-state index contributed by atoms with van der Waals surface area (Å²) in [6, 6.07) is 2.02. The maximum Gasteiger partial charge on any atom is 0.0792 e. The summed E-state index contributed by atoms with van der Waals surface area (Å²) in [5.41, 5.74) is -0.669. The van der Waals surface area contributed by atoms with Crippen LogP contribution in [0.5, 0.6) is 0 Å². The van der Waals surface area contributed by atoms with Gasteiger partial charge < -0.3 is 10.4 Å². The zero-order chi connectivity index (χ0) is 12.4. The molecule has 2 N–H and O–H groups in total. The van der Waals surface area contributed by atoms with Gasteiger partial charge in [-0.05, 0) is 55.1 Å². The van der Waals surface area contributed by atoms with Crippen molar-refractivity contribution in [1.82, 2.24) is 5.32 Å². The standard InChI is InChI=1S/C12H20BrNOS/c1-11(2,3)14-8-12(4,15)7-10-9(13)5-6-16-10/h5-6,14-15H,7-8H2,1-4H3. The van der Waals surface area contributed by atoms with Gasteiger partial charge in [-0.2, -0.15) is 0 Å². The maximum atomic E-state index is 10.3. The molecule has 1 unspecified atom stereocenters. The predicted octanol–water partition coefficient (Wildman–Crippen LogP) is 3.19. The highest BCUT2D eigenvalue weighted by Gasteiger charge is 2.24. The van der Waals surface area contributed by atoms with E-state index in [-0.39, 0.29) is 5.54 Å². The molecule has 0 aliphatic heterocycles. The van der Waals surface area contributed by atoms with Crippen molar-refractivity contribution >= 4 is 27.3 Å². The molecule has 0 aliphatic rings. The van der Waals surface area contributed by atoms with Crippen molar-refractivity contribution in [3.63, 3.8) is 0 Å². The zero-order valence-electron chi connectivity index (χ0n) is 10.3. The first kappa shape index (κ1) is 14.2. The van der Waals surface area contributed by atoms with Crippen molar-refractivity contribution in [3.05, 3.63) is 20.8 Å². The highest BCUT2D eigenvalue weighted by Crippen LogP contribution is 2.26. The number of halogens is 1. The molecule has 92 valence electrons. The van der Waals surface area contributed by atoms with E-state index in [1.165, 1.54) is 4.88 Å². The van der Waals surface area contributed by atoms with Gasteiger partial charge in [0, 0.05) is 27.9 Å². The summed E-state index contributed by atoms with van der Waals surface area (Å²) in [7, 11) is 0. The van der Waals surface area contributed by atoms with E-state index in [0.29, 0.717) is 13.0 Å². The molecule has 1 heterocycles. The van der Waals surface area contributed by atoms with E-state index in [2.05, 4.69) is 42.0 Å². The first-order valence-electron chi connectivity index (χ1n) is 5.39. The molecule has 4 heteroatoms. The quantitative estimate of drug-likeness (QED) is 0.895. The number of thiophene rings is 1. The van der Waals surface area contributed by atoms with E-state index in [1.807, 2.05) is 18.4 Å². The molecule has 1 atom stereocenters. The number of nitrogens with one attached hydrogen (secondary N) is 1. The number of rotatable bonds is 4. The smallest absolute Gasteiger partial charge is 0.0792 e. The van der Waals surface area contributed by atoms with Crippen LogP contribution >= 0.6 is 27.3 Å². The highest BCUT2D eigenvalue weighted by atomic mass is 79.9. The summed E-state index contributed by atoms with van der Waals surface area (Å²) in [4.78, 5) is 1.20. The van der Waals surface area contributed by atoms with Crippen LogP contribution in [0.1, 0.15) is 32.6 Å². The topological polar surface area (TPSA) is 32.3 Å². The Morgan fingerprint density at radius 1 is 1.38 bits per heavy atom. The van der Waals surface area contributed by atoms with Gasteiger partial charge in [-0.25, -0.2) is 0 Å². The summed E-state index contributed by atoms with van der Waals surface area (Å²) in [5.74, 6) is 0. The zero-order valence-corrected chi connectivity index (χ0v) is 12.7. The average Bonchev–Trinajstić information content (AvgIpc) is 2.47. The summed E-state index contributed by atoms with van der Waals surface area (Å²) in [6.07, 6.45) is 0.675. The minimum absolute atomic E-state index is 0.0384. The van der Waals surface area contributed by atoms with E-state index in [0.717, 1.165) is 4.47 Å². The van der Waals surface area contributed by atoms with Crippen LogP contribution in [0.4, 0.5) is 0 Å². The van der Waals surface area contributed by atoms with E-state index >= 15 is 0 Å². The van der Waals surface area contributed by atoms with E-state index in [9.17, 15) is 5.11 Å². The summed E-state index contributed by atoms with van der Waals surface area (Å²) in [6.45, 7) is 8.77. The molecule has 0 fully saturated rings. The SMILES string of the molecule is CC(O)(CNC(C)(C)C)Cc1sccc1Br. The molecule has 0 aliphatic carbocycles. The summed E-state index contributed by atoms with van der Waals surface area (Å²) >= 11 is 5.16. The molecule has 0 spiro atoms. The third kappa shape index (κ3) is 4.95. The Bertz CT molecular complexity index is 341. The van der Waals surface area contributed by atoms with Gasteiger partial charge in [-0.1, -0.05) is 0 Å². The first-order chi connectivity index (χ1) is 7.20. The Labute approximate surface area is 110 Å². The Morgan fingerprint density at radius 3 is 2.44 bits per heavy atom. The lowest BCUT2D eigenvalue weighted by atomic mass is 9.99. The molecule has 0 amide bonds. The summed E-state index contributed by atoms with van der Waals surface area (Å²) in [5, 5.41) is 15.7. The largest absolute Gasteiger partial charge is 0.388 e. The Balaban J connectivity index is 2.55. The highest BCUT2D eigenvalue weighted by molar-refractivity contribution is 9.10. The van der Waals surface area contributed by atoms with Crippen molar-refractivity contribution < 1.29 is 5.11 Å². The lowest BCUT2D eigenvalue weighted by Crippen LogP contribution is -2.47. The number of aliphatic hydroxyl groups is 1. The second-order valence-electron chi connectivity index (χ2n) is 5.47. The normalized spacial score (nSPS) is 16.1. The number of hydrogen-bond acceptors (Lipinski definition) is 3. The van der Waals surface area contributed by atoms with E-state index in [4.69, 9.17) is 0 Å². The molecule has 0 saturated heterocycles. The van der Waals surface area contributed by atoms with Crippen LogP contribution in [0.25, 0.3) is 0 Å². The third-order valence-corrected chi connectivity index (χ3v) is 4.16. The van der Waals surface area contributed by atoms with Crippen LogP contribution < -0.4 is 5.32 Å². The molecule has 2 nitrogen and oxygen atoms in total. The lowest BCUT2D eigenvalue weighted by molar-refractivity contribution is 0.0541. The third-order valence-electron chi connectivity index (χ3n) is 2.23. The Hall–Kier alpha value is 0.100. The Kier molecular flexibility index (Phi) is 4.57. The van der Waals surface area contributed by atoms with Crippen LogP contribution in [0.3, 0.4) is 0 Å². The minimum atomic E-state index is -0.708. The maximum absolute atomic E-state index is 10.3. The van der Waals surface area contributed by atoms with Gasteiger partial charge in [0.1, 0.15) is 0 Å². The van der Waals surface area contributed by atoms with Crippen molar-refractivity contribution in [1.29, 1.82) is 0 Å². The van der Waals surface area contributed by atoms with Crippen molar-refractivity contribution in [2.75, 3.05) is 6.54 Å². The van der Waals surface area contributed by atoms with Gasteiger partial charge in [-0.15, -0.1) is 11.3 Å². The first-order valence-corrected chi connectivity index (χ1v) is 7.06. The molecular weight excluding hydrogens is 286 g/mol. The minimum Gasteiger partial charge on any atom is -0.388 e. The molecular formula is C12H20BrNOS. The number of hydrogen-bond donors (Lipinski definition) is 2. The van der Waals surface area contributed by atoms with E-state index < -0.39 is 5.60 Å². The fourth-order valence-corrected chi connectivity index (χ4v) is 2.99. The van der Waals surface area contributed by atoms with Crippen LogP contribution in [0, 0.1) is 0 Å². The Morgan fingerprint density at radius 2 is 2.00 bits per heavy atom. The van der Waals surface area contributed by atoms with Crippen molar-refractivity contribution in [3.8, 4) is 0 Å². The second kappa shape index (κ2) is 5.17. The monoisotopic (exact) mass is 305 g/mol. The van der Waals surface area contributed by atoms with Crippen LogP contribution in [-0.4, -0.2) is 22.8 Å². The van der Waals surface area contributed by atoms with Crippen molar-refractivity contribution in [2.45, 2.75) is 45.3 Å². The van der Waals surface area contributed by atoms with Crippen LogP contribution in [0.2, 0.25) is 0 Å². The second-order valence-corrected chi connectivity index (χ2v) is 7.32. The molecule has 1 rings (SSSR count). The van der Waals surface area contributed by atoms with Gasteiger partial charge in [0.25, 0.3) is 0 Å². The van der Waals surface area contributed by atoms with Gasteiger partial charge in [0.15, 0.2) is 0 Å². The molecule has 1 aromatic heterocycles. The summed E-state index contributed by atoms with van der Waals surface area (Å²) < 4.78 is 1.09. The van der Waals surface area contributed by atoms with Crippen LogP contribution in [0.15, 0.2) is 15.9 Å². The van der Waals surface area contributed by atoms with Gasteiger partial charge >= 0.3 is 0 Å².